The number of H-pyrrole nitrogens is 1. The lowest BCUT2D eigenvalue weighted by Crippen LogP contribution is -2.38. The number of ether oxygens (including phenoxy) is 1. The Morgan fingerprint density at radius 1 is 1.00 bits per heavy atom. The Bertz CT molecular complexity index is 997. The van der Waals surface area contributed by atoms with Gasteiger partial charge >= 0.3 is 0 Å². The molecular formula is C25H34IN5O. The summed E-state index contributed by atoms with van der Waals surface area (Å²) < 4.78 is 5.47. The predicted molar refractivity (Wildman–Crippen MR) is 143 cm³/mol. The van der Waals surface area contributed by atoms with Crippen LogP contribution in [-0.4, -0.2) is 55.7 Å². The molecule has 4 rings (SSSR count). The zero-order valence-corrected chi connectivity index (χ0v) is 21.1. The van der Waals surface area contributed by atoms with Crippen molar-refractivity contribution in [1.29, 1.82) is 0 Å². The van der Waals surface area contributed by atoms with Crippen molar-refractivity contribution < 1.29 is 4.74 Å². The van der Waals surface area contributed by atoms with Gasteiger partial charge in [0.15, 0.2) is 5.96 Å². The van der Waals surface area contributed by atoms with Gasteiger partial charge in [0.25, 0.3) is 0 Å². The van der Waals surface area contributed by atoms with Gasteiger partial charge in [0.05, 0.1) is 13.2 Å². The summed E-state index contributed by atoms with van der Waals surface area (Å²) in [7, 11) is 1.83. The number of guanidine groups is 1. The number of nitrogens with zero attached hydrogens (tertiary/aromatic N) is 2. The third-order valence-electron chi connectivity index (χ3n) is 5.88. The molecule has 2 aromatic carbocycles. The molecule has 6 nitrogen and oxygen atoms in total. The molecular weight excluding hydrogens is 513 g/mol. The van der Waals surface area contributed by atoms with Crippen LogP contribution in [0.25, 0.3) is 10.9 Å². The van der Waals surface area contributed by atoms with E-state index in [9.17, 15) is 0 Å². The van der Waals surface area contributed by atoms with Crippen molar-refractivity contribution in [3.8, 4) is 0 Å². The fourth-order valence-corrected chi connectivity index (χ4v) is 4.11. The topological polar surface area (TPSA) is 64.7 Å². The molecule has 32 heavy (non-hydrogen) atoms. The summed E-state index contributed by atoms with van der Waals surface area (Å²) in [6.45, 7) is 6.28. The van der Waals surface area contributed by atoms with Crippen LogP contribution in [0.1, 0.15) is 23.1 Å². The fourth-order valence-electron chi connectivity index (χ4n) is 4.11. The molecule has 0 radical (unpaired) electrons. The van der Waals surface area contributed by atoms with E-state index in [0.717, 1.165) is 64.7 Å². The van der Waals surface area contributed by atoms with Gasteiger partial charge in [-0.3, -0.25) is 9.89 Å². The number of benzene rings is 2. The second kappa shape index (κ2) is 12.8. The van der Waals surface area contributed by atoms with E-state index in [-0.39, 0.29) is 24.0 Å². The van der Waals surface area contributed by atoms with Gasteiger partial charge in [-0.1, -0.05) is 42.5 Å². The number of hydrogen-bond acceptors (Lipinski definition) is 3. The zero-order chi connectivity index (χ0) is 21.3. The quantitative estimate of drug-likeness (QED) is 0.173. The maximum atomic E-state index is 5.47. The van der Waals surface area contributed by atoms with Crippen molar-refractivity contribution in [1.82, 2.24) is 20.5 Å². The van der Waals surface area contributed by atoms with Gasteiger partial charge in [0, 0.05) is 56.9 Å². The molecule has 0 amide bonds. The molecule has 1 fully saturated rings. The summed E-state index contributed by atoms with van der Waals surface area (Å²) in [6.07, 6.45) is 4.22. The number of fused-ring (bicyclic) bond motifs is 1. The van der Waals surface area contributed by atoms with Crippen LogP contribution in [0.4, 0.5) is 0 Å². The molecule has 3 N–H and O–H groups in total. The summed E-state index contributed by atoms with van der Waals surface area (Å²) in [6, 6.07) is 17.1. The minimum absolute atomic E-state index is 0. The number of aromatic nitrogens is 1. The van der Waals surface area contributed by atoms with Crippen LogP contribution in [0, 0.1) is 0 Å². The number of hydrogen-bond donors (Lipinski definition) is 3. The first-order valence-corrected chi connectivity index (χ1v) is 11.2. The summed E-state index contributed by atoms with van der Waals surface area (Å²) in [5.41, 5.74) is 5.26. The number of nitrogens with one attached hydrogen (secondary N) is 3. The van der Waals surface area contributed by atoms with E-state index in [2.05, 4.69) is 80.2 Å². The number of aromatic amines is 1. The predicted octanol–water partition coefficient (Wildman–Crippen LogP) is 3.92. The van der Waals surface area contributed by atoms with Crippen molar-refractivity contribution in [2.75, 3.05) is 39.9 Å². The molecule has 2 heterocycles. The van der Waals surface area contributed by atoms with Crippen LogP contribution in [0.15, 0.2) is 59.7 Å². The molecule has 7 heteroatoms. The summed E-state index contributed by atoms with van der Waals surface area (Å²) in [5, 5.41) is 8.25. The Hall–Kier alpha value is -2.10. The van der Waals surface area contributed by atoms with Gasteiger partial charge in [-0.05, 0) is 35.6 Å². The Morgan fingerprint density at radius 3 is 2.56 bits per heavy atom. The molecule has 0 unspecified atom stereocenters. The Balaban J connectivity index is 0.00000289. The number of rotatable bonds is 8. The standard InChI is InChI=1S/C25H33N5O.HI/c1-26-25(27-12-6-9-21-18-28-24-11-5-4-10-23(21)24)29-17-20-7-2-3-8-22(20)19-30-13-15-31-16-14-30;/h2-5,7-8,10-11,18,28H,6,9,12-17,19H2,1H3,(H2,26,27,29);1H. The van der Waals surface area contributed by atoms with Gasteiger partial charge < -0.3 is 20.4 Å². The van der Waals surface area contributed by atoms with Gasteiger partial charge in [-0.15, -0.1) is 24.0 Å². The van der Waals surface area contributed by atoms with Crippen molar-refractivity contribution in [2.24, 2.45) is 4.99 Å². The van der Waals surface area contributed by atoms with Crippen LogP contribution in [-0.2, 0) is 24.2 Å². The number of aryl methyl sites for hydroxylation is 1. The first kappa shape index (κ1) is 24.5. The van der Waals surface area contributed by atoms with E-state index in [1.165, 1.54) is 27.6 Å². The SMILES string of the molecule is CN=C(NCCCc1c[nH]c2ccccc12)NCc1ccccc1CN1CCOCC1.I. The Kier molecular flexibility index (Phi) is 9.83. The normalized spacial score (nSPS) is 14.8. The van der Waals surface area contributed by atoms with Crippen molar-refractivity contribution >= 4 is 40.8 Å². The molecule has 0 bridgehead atoms. The molecule has 0 saturated carbocycles. The van der Waals surface area contributed by atoms with Gasteiger partial charge in [-0.25, -0.2) is 0 Å². The number of para-hydroxylation sites is 1. The molecule has 0 atom stereocenters. The van der Waals surface area contributed by atoms with E-state index in [4.69, 9.17) is 4.74 Å². The summed E-state index contributed by atoms with van der Waals surface area (Å²) in [4.78, 5) is 10.2. The maximum Gasteiger partial charge on any atom is 0.191 e. The highest BCUT2D eigenvalue weighted by Crippen LogP contribution is 2.18. The van der Waals surface area contributed by atoms with E-state index >= 15 is 0 Å². The van der Waals surface area contributed by atoms with Crippen LogP contribution in [0.3, 0.4) is 0 Å². The summed E-state index contributed by atoms with van der Waals surface area (Å²) in [5.74, 6) is 0.847. The second-order valence-corrected chi connectivity index (χ2v) is 7.97. The largest absolute Gasteiger partial charge is 0.379 e. The fraction of sp³-hybridized carbons (Fsp3) is 0.400. The molecule has 0 aliphatic carbocycles. The highest BCUT2D eigenvalue weighted by Gasteiger charge is 2.12. The highest BCUT2D eigenvalue weighted by molar-refractivity contribution is 14.0. The van der Waals surface area contributed by atoms with Crippen LogP contribution in [0.2, 0.25) is 0 Å². The third-order valence-corrected chi connectivity index (χ3v) is 5.88. The molecule has 1 aromatic heterocycles. The van der Waals surface area contributed by atoms with E-state index in [1.807, 2.05) is 7.05 Å². The lowest BCUT2D eigenvalue weighted by atomic mass is 10.1. The average Bonchev–Trinajstić information content (AvgIpc) is 3.23. The molecule has 1 aliphatic heterocycles. The molecule has 3 aromatic rings. The molecule has 0 spiro atoms. The minimum Gasteiger partial charge on any atom is -0.379 e. The molecule has 1 saturated heterocycles. The zero-order valence-electron chi connectivity index (χ0n) is 18.8. The second-order valence-electron chi connectivity index (χ2n) is 7.97. The average molecular weight is 547 g/mol. The lowest BCUT2D eigenvalue weighted by Gasteiger charge is -2.27. The number of aliphatic imine (C=N–C) groups is 1. The van der Waals surface area contributed by atoms with Gasteiger partial charge in [0.1, 0.15) is 0 Å². The summed E-state index contributed by atoms with van der Waals surface area (Å²) >= 11 is 0. The van der Waals surface area contributed by atoms with E-state index < -0.39 is 0 Å². The lowest BCUT2D eigenvalue weighted by molar-refractivity contribution is 0.0341. The van der Waals surface area contributed by atoms with Gasteiger partial charge in [-0.2, -0.15) is 0 Å². The van der Waals surface area contributed by atoms with Crippen molar-refractivity contribution in [3.05, 3.63) is 71.4 Å². The van der Waals surface area contributed by atoms with Crippen LogP contribution >= 0.6 is 24.0 Å². The smallest absolute Gasteiger partial charge is 0.191 e. The monoisotopic (exact) mass is 547 g/mol. The Labute approximate surface area is 207 Å². The van der Waals surface area contributed by atoms with E-state index in [0.29, 0.717) is 0 Å². The number of halogens is 1. The maximum absolute atomic E-state index is 5.47. The minimum atomic E-state index is 0. The first-order chi connectivity index (χ1) is 15.3. The molecule has 1 aliphatic rings. The van der Waals surface area contributed by atoms with Gasteiger partial charge in [0.2, 0.25) is 0 Å². The van der Waals surface area contributed by atoms with Crippen molar-refractivity contribution in [3.63, 3.8) is 0 Å². The highest BCUT2D eigenvalue weighted by atomic mass is 127. The third kappa shape index (κ3) is 6.70. The van der Waals surface area contributed by atoms with Crippen molar-refractivity contribution in [2.45, 2.75) is 25.9 Å². The van der Waals surface area contributed by atoms with Crippen LogP contribution < -0.4 is 10.6 Å². The first-order valence-electron chi connectivity index (χ1n) is 11.2. The molecule has 172 valence electrons. The Morgan fingerprint density at radius 2 is 1.75 bits per heavy atom. The number of morpholine rings is 1. The van der Waals surface area contributed by atoms with E-state index in [1.54, 1.807) is 0 Å². The van der Waals surface area contributed by atoms with Crippen LogP contribution in [0.5, 0.6) is 0 Å².